The molecule has 4 nitrogen and oxygen atoms in total. The highest BCUT2D eigenvalue weighted by Gasteiger charge is 2.23. The minimum Gasteiger partial charge on any atom is -0.465 e. The SMILES string of the molecule is COC(=O)/C(C#N)=C1/Nc2ccccc2S1. The molecule has 1 aliphatic rings. The Morgan fingerprint density at radius 3 is 2.88 bits per heavy atom. The van der Waals surface area contributed by atoms with Crippen LogP contribution in [0.25, 0.3) is 0 Å². The maximum absolute atomic E-state index is 11.3. The van der Waals surface area contributed by atoms with Crippen LogP contribution in [0.5, 0.6) is 0 Å². The second-order valence-electron chi connectivity index (χ2n) is 3.03. The number of nitrogens with zero attached hydrogens (tertiary/aromatic N) is 1. The van der Waals surface area contributed by atoms with Gasteiger partial charge in [0.15, 0.2) is 5.57 Å². The summed E-state index contributed by atoms with van der Waals surface area (Å²) in [7, 11) is 1.26. The van der Waals surface area contributed by atoms with Crippen LogP contribution in [0.3, 0.4) is 0 Å². The second kappa shape index (κ2) is 4.29. The predicted molar refractivity (Wildman–Crippen MR) is 60.6 cm³/mol. The van der Waals surface area contributed by atoms with Crippen molar-refractivity contribution >= 4 is 23.4 Å². The Hall–Kier alpha value is -1.93. The zero-order valence-corrected chi connectivity index (χ0v) is 9.30. The molecule has 0 amide bonds. The molecular formula is C11H8N2O2S. The first kappa shape index (κ1) is 10.6. The number of nitriles is 1. The molecule has 5 heteroatoms. The van der Waals surface area contributed by atoms with E-state index in [1.807, 2.05) is 30.3 Å². The number of thioether (sulfide) groups is 1. The topological polar surface area (TPSA) is 62.1 Å². The van der Waals surface area contributed by atoms with E-state index in [0.29, 0.717) is 5.03 Å². The lowest BCUT2D eigenvalue weighted by Gasteiger charge is -2.01. The van der Waals surface area contributed by atoms with Crippen molar-refractivity contribution in [3.05, 3.63) is 34.9 Å². The number of fused-ring (bicyclic) bond motifs is 1. The van der Waals surface area contributed by atoms with E-state index in [9.17, 15) is 4.79 Å². The Labute approximate surface area is 96.9 Å². The summed E-state index contributed by atoms with van der Waals surface area (Å²) in [6.45, 7) is 0. The van der Waals surface area contributed by atoms with Gasteiger partial charge in [0.25, 0.3) is 0 Å². The fourth-order valence-electron chi connectivity index (χ4n) is 1.32. The molecule has 0 saturated heterocycles. The zero-order valence-electron chi connectivity index (χ0n) is 8.48. The summed E-state index contributed by atoms with van der Waals surface area (Å²) < 4.78 is 4.54. The minimum atomic E-state index is -0.620. The average Bonchev–Trinajstić information content (AvgIpc) is 2.72. The summed E-state index contributed by atoms with van der Waals surface area (Å²) >= 11 is 1.36. The highest BCUT2D eigenvalue weighted by Crippen LogP contribution is 2.41. The molecule has 0 fully saturated rings. The minimum absolute atomic E-state index is 0.00343. The number of anilines is 1. The van der Waals surface area contributed by atoms with Gasteiger partial charge in [-0.1, -0.05) is 23.9 Å². The van der Waals surface area contributed by atoms with Crippen molar-refractivity contribution in [3.63, 3.8) is 0 Å². The highest BCUT2D eigenvalue weighted by atomic mass is 32.2. The summed E-state index contributed by atoms with van der Waals surface area (Å²) in [5.41, 5.74) is 0.905. The molecule has 1 aromatic rings. The third-order valence-electron chi connectivity index (χ3n) is 2.08. The van der Waals surface area contributed by atoms with Crippen LogP contribution in [0.4, 0.5) is 5.69 Å². The Morgan fingerprint density at radius 1 is 1.50 bits per heavy atom. The number of hydrogen-bond acceptors (Lipinski definition) is 5. The normalized spacial score (nSPS) is 15.8. The number of hydrogen-bond donors (Lipinski definition) is 1. The third-order valence-corrected chi connectivity index (χ3v) is 3.16. The summed E-state index contributed by atoms with van der Waals surface area (Å²) in [6, 6.07) is 9.46. The number of para-hydroxylation sites is 1. The first-order chi connectivity index (χ1) is 7.76. The van der Waals surface area contributed by atoms with Gasteiger partial charge in [-0.25, -0.2) is 4.79 Å². The fraction of sp³-hybridized carbons (Fsp3) is 0.0909. The maximum atomic E-state index is 11.3. The average molecular weight is 232 g/mol. The van der Waals surface area contributed by atoms with Crippen LogP contribution in [0.15, 0.2) is 39.8 Å². The molecule has 0 radical (unpaired) electrons. The van der Waals surface area contributed by atoms with E-state index in [1.54, 1.807) is 0 Å². The lowest BCUT2D eigenvalue weighted by atomic mass is 10.3. The Bertz CT molecular complexity index is 490. The summed E-state index contributed by atoms with van der Waals surface area (Å²) in [6.07, 6.45) is 0. The third kappa shape index (κ3) is 1.75. The lowest BCUT2D eigenvalue weighted by molar-refractivity contribution is -0.135. The van der Waals surface area contributed by atoms with Gasteiger partial charge in [-0.3, -0.25) is 0 Å². The van der Waals surface area contributed by atoms with Crippen molar-refractivity contribution in [2.45, 2.75) is 4.90 Å². The summed E-state index contributed by atoms with van der Waals surface area (Å²) in [5.74, 6) is -0.620. The molecule has 0 spiro atoms. The van der Waals surface area contributed by atoms with Gasteiger partial charge in [0.05, 0.1) is 12.8 Å². The van der Waals surface area contributed by atoms with Gasteiger partial charge in [-0.2, -0.15) is 5.26 Å². The fourth-order valence-corrected chi connectivity index (χ4v) is 2.31. The van der Waals surface area contributed by atoms with Crippen LogP contribution >= 0.6 is 11.8 Å². The monoisotopic (exact) mass is 232 g/mol. The van der Waals surface area contributed by atoms with Crippen LogP contribution in [-0.4, -0.2) is 13.1 Å². The molecule has 1 aliphatic heterocycles. The predicted octanol–water partition coefficient (Wildman–Crippen LogP) is 2.11. The van der Waals surface area contributed by atoms with Gasteiger partial charge >= 0.3 is 5.97 Å². The van der Waals surface area contributed by atoms with Gasteiger partial charge in [0.1, 0.15) is 11.1 Å². The molecule has 0 unspecified atom stereocenters. The van der Waals surface area contributed by atoms with Crippen molar-refractivity contribution in [2.75, 3.05) is 12.4 Å². The van der Waals surface area contributed by atoms with E-state index in [2.05, 4.69) is 10.1 Å². The molecular weight excluding hydrogens is 224 g/mol. The quantitative estimate of drug-likeness (QED) is 0.456. The van der Waals surface area contributed by atoms with Crippen LogP contribution in [-0.2, 0) is 9.53 Å². The lowest BCUT2D eigenvalue weighted by Crippen LogP contribution is -2.07. The second-order valence-corrected chi connectivity index (χ2v) is 4.08. The highest BCUT2D eigenvalue weighted by molar-refractivity contribution is 8.03. The number of ether oxygens (including phenoxy) is 1. The summed E-state index contributed by atoms with van der Waals surface area (Å²) in [5, 5.41) is 12.4. The maximum Gasteiger partial charge on any atom is 0.351 e. The zero-order chi connectivity index (χ0) is 11.5. The van der Waals surface area contributed by atoms with E-state index < -0.39 is 5.97 Å². The van der Waals surface area contributed by atoms with E-state index in [-0.39, 0.29) is 5.57 Å². The molecule has 0 atom stereocenters. The standard InChI is InChI=1S/C11H8N2O2S/c1-15-11(14)7(6-12)10-13-8-4-2-3-5-9(8)16-10/h2-5,13H,1H3/b10-7-. The first-order valence-corrected chi connectivity index (χ1v) is 5.34. The van der Waals surface area contributed by atoms with E-state index >= 15 is 0 Å². The molecule has 0 aromatic heterocycles. The van der Waals surface area contributed by atoms with Crippen molar-refractivity contribution in [2.24, 2.45) is 0 Å². The molecule has 16 heavy (non-hydrogen) atoms. The van der Waals surface area contributed by atoms with Gasteiger partial charge < -0.3 is 10.1 Å². The van der Waals surface area contributed by atoms with E-state index in [0.717, 1.165) is 10.6 Å². The van der Waals surface area contributed by atoms with E-state index in [4.69, 9.17) is 5.26 Å². The summed E-state index contributed by atoms with van der Waals surface area (Å²) in [4.78, 5) is 12.3. The molecule has 2 rings (SSSR count). The van der Waals surface area contributed by atoms with Crippen LogP contribution in [0, 0.1) is 11.3 Å². The van der Waals surface area contributed by atoms with Crippen LogP contribution in [0.1, 0.15) is 0 Å². The molecule has 80 valence electrons. The van der Waals surface area contributed by atoms with Gasteiger partial charge in [-0.15, -0.1) is 0 Å². The Balaban J connectivity index is 2.38. The van der Waals surface area contributed by atoms with Crippen molar-refractivity contribution in [1.82, 2.24) is 0 Å². The van der Waals surface area contributed by atoms with Gasteiger partial charge in [-0.05, 0) is 12.1 Å². The molecule has 0 bridgehead atoms. The molecule has 1 aromatic carbocycles. The van der Waals surface area contributed by atoms with Gasteiger partial charge in [0, 0.05) is 4.90 Å². The molecule has 1 N–H and O–H groups in total. The van der Waals surface area contributed by atoms with Crippen LogP contribution < -0.4 is 5.32 Å². The smallest absolute Gasteiger partial charge is 0.351 e. The molecule has 0 saturated carbocycles. The molecule has 1 heterocycles. The number of nitrogens with one attached hydrogen (secondary N) is 1. The van der Waals surface area contributed by atoms with Crippen molar-refractivity contribution < 1.29 is 9.53 Å². The van der Waals surface area contributed by atoms with Crippen molar-refractivity contribution in [3.8, 4) is 6.07 Å². The van der Waals surface area contributed by atoms with Gasteiger partial charge in [0.2, 0.25) is 0 Å². The number of esters is 1. The number of methoxy groups -OCH3 is 1. The number of benzene rings is 1. The largest absolute Gasteiger partial charge is 0.465 e. The van der Waals surface area contributed by atoms with Crippen molar-refractivity contribution in [1.29, 1.82) is 5.26 Å². The Kier molecular flexibility index (Phi) is 2.84. The van der Waals surface area contributed by atoms with E-state index in [1.165, 1.54) is 18.9 Å². The number of rotatable bonds is 1. The number of carbonyl (C=O) groups is 1. The van der Waals surface area contributed by atoms with Crippen LogP contribution in [0.2, 0.25) is 0 Å². The first-order valence-electron chi connectivity index (χ1n) is 4.53. The Morgan fingerprint density at radius 2 is 2.25 bits per heavy atom. The number of carbonyl (C=O) groups excluding carboxylic acids is 1. The molecule has 0 aliphatic carbocycles.